The topological polar surface area (TPSA) is 29.3 Å². The van der Waals surface area contributed by atoms with Crippen molar-refractivity contribution in [3.8, 4) is 0 Å². The van der Waals surface area contributed by atoms with E-state index in [9.17, 15) is 4.39 Å². The fourth-order valence-electron chi connectivity index (χ4n) is 2.71. The number of nitrogens with zero attached hydrogens (tertiary/aromatic N) is 1. The van der Waals surface area contributed by atoms with Crippen LogP contribution in [0.4, 0.5) is 15.8 Å². The van der Waals surface area contributed by atoms with Gasteiger partial charge in [0.05, 0.1) is 0 Å². The van der Waals surface area contributed by atoms with Crippen molar-refractivity contribution in [3.63, 3.8) is 0 Å². The molecule has 0 aromatic heterocycles. The van der Waals surface area contributed by atoms with Gasteiger partial charge >= 0.3 is 0 Å². The molecule has 0 saturated carbocycles. The van der Waals surface area contributed by atoms with Gasteiger partial charge in [0.15, 0.2) is 0 Å². The Morgan fingerprint density at radius 2 is 1.89 bits per heavy atom. The number of hydrogen-bond acceptors (Lipinski definition) is 2. The SMILES string of the molecule is Nc1ccc(C2CCN(c3cccc(F)c3)C2)cc1. The lowest BCUT2D eigenvalue weighted by Crippen LogP contribution is -2.19. The molecule has 0 aliphatic carbocycles. The van der Waals surface area contributed by atoms with Crippen LogP contribution in [0.2, 0.25) is 0 Å². The first kappa shape index (κ1) is 12.0. The third-order valence-corrected chi connectivity index (χ3v) is 3.77. The molecule has 1 heterocycles. The van der Waals surface area contributed by atoms with Gasteiger partial charge in [-0.1, -0.05) is 18.2 Å². The van der Waals surface area contributed by atoms with Gasteiger partial charge in [0.2, 0.25) is 0 Å². The summed E-state index contributed by atoms with van der Waals surface area (Å²) in [6, 6.07) is 14.9. The van der Waals surface area contributed by atoms with E-state index >= 15 is 0 Å². The van der Waals surface area contributed by atoms with Crippen LogP contribution in [0.1, 0.15) is 17.9 Å². The van der Waals surface area contributed by atoms with Crippen LogP contribution in [0, 0.1) is 5.82 Å². The summed E-state index contributed by atoms with van der Waals surface area (Å²) in [7, 11) is 0. The molecule has 1 aliphatic heterocycles. The predicted octanol–water partition coefficient (Wildman–Crippen LogP) is 3.40. The molecule has 98 valence electrons. The summed E-state index contributed by atoms with van der Waals surface area (Å²) < 4.78 is 13.2. The minimum atomic E-state index is -0.173. The van der Waals surface area contributed by atoms with Gasteiger partial charge in [-0.3, -0.25) is 0 Å². The number of nitrogens with two attached hydrogens (primary N) is 1. The third-order valence-electron chi connectivity index (χ3n) is 3.77. The second kappa shape index (κ2) is 4.92. The van der Waals surface area contributed by atoms with Crippen LogP contribution in [0.15, 0.2) is 48.5 Å². The van der Waals surface area contributed by atoms with Gasteiger partial charge < -0.3 is 10.6 Å². The maximum absolute atomic E-state index is 13.2. The fourth-order valence-corrected chi connectivity index (χ4v) is 2.71. The molecule has 0 bridgehead atoms. The summed E-state index contributed by atoms with van der Waals surface area (Å²) in [5.41, 5.74) is 8.79. The van der Waals surface area contributed by atoms with Gasteiger partial charge in [-0.25, -0.2) is 4.39 Å². The van der Waals surface area contributed by atoms with E-state index in [2.05, 4.69) is 17.0 Å². The molecule has 1 fully saturated rings. The largest absolute Gasteiger partial charge is 0.399 e. The predicted molar refractivity (Wildman–Crippen MR) is 76.8 cm³/mol. The van der Waals surface area contributed by atoms with E-state index < -0.39 is 0 Å². The number of anilines is 2. The highest BCUT2D eigenvalue weighted by molar-refractivity contribution is 5.49. The van der Waals surface area contributed by atoms with Gasteiger partial charge in [-0.15, -0.1) is 0 Å². The fraction of sp³-hybridized carbons (Fsp3) is 0.250. The Kier molecular flexibility index (Phi) is 3.11. The van der Waals surface area contributed by atoms with Crippen molar-refractivity contribution in [2.45, 2.75) is 12.3 Å². The molecule has 1 aliphatic rings. The molecule has 0 spiro atoms. The summed E-state index contributed by atoms with van der Waals surface area (Å²) in [5.74, 6) is 0.331. The van der Waals surface area contributed by atoms with Crippen molar-refractivity contribution in [1.82, 2.24) is 0 Å². The molecule has 2 N–H and O–H groups in total. The van der Waals surface area contributed by atoms with E-state index in [1.165, 1.54) is 11.6 Å². The van der Waals surface area contributed by atoms with Crippen LogP contribution in [-0.4, -0.2) is 13.1 Å². The highest BCUT2D eigenvalue weighted by atomic mass is 19.1. The van der Waals surface area contributed by atoms with Crippen LogP contribution >= 0.6 is 0 Å². The maximum atomic E-state index is 13.2. The minimum absolute atomic E-state index is 0.173. The van der Waals surface area contributed by atoms with Gasteiger partial charge in [0.1, 0.15) is 5.82 Å². The average molecular weight is 256 g/mol. The van der Waals surface area contributed by atoms with E-state index in [-0.39, 0.29) is 5.82 Å². The number of rotatable bonds is 2. The van der Waals surface area contributed by atoms with Crippen molar-refractivity contribution >= 4 is 11.4 Å². The van der Waals surface area contributed by atoms with Crippen molar-refractivity contribution < 1.29 is 4.39 Å². The third kappa shape index (κ3) is 2.55. The number of hydrogen-bond donors (Lipinski definition) is 1. The van der Waals surface area contributed by atoms with Crippen molar-refractivity contribution in [1.29, 1.82) is 0 Å². The Morgan fingerprint density at radius 3 is 2.63 bits per heavy atom. The lowest BCUT2D eigenvalue weighted by molar-refractivity contribution is 0.627. The first-order valence-electron chi connectivity index (χ1n) is 6.58. The van der Waals surface area contributed by atoms with Crippen LogP contribution in [-0.2, 0) is 0 Å². The Hall–Kier alpha value is -2.03. The molecule has 2 aromatic rings. The van der Waals surface area contributed by atoms with Crippen molar-refractivity contribution in [3.05, 3.63) is 59.9 Å². The highest BCUT2D eigenvalue weighted by Crippen LogP contribution is 2.31. The van der Waals surface area contributed by atoms with Gasteiger partial charge in [0.25, 0.3) is 0 Å². The monoisotopic (exact) mass is 256 g/mol. The summed E-state index contributed by atoms with van der Waals surface area (Å²) in [4.78, 5) is 2.24. The second-order valence-corrected chi connectivity index (χ2v) is 5.08. The van der Waals surface area contributed by atoms with Gasteiger partial charge in [-0.2, -0.15) is 0 Å². The maximum Gasteiger partial charge on any atom is 0.125 e. The van der Waals surface area contributed by atoms with E-state index in [0.29, 0.717) is 5.92 Å². The number of halogens is 1. The quantitative estimate of drug-likeness (QED) is 0.834. The molecule has 1 unspecified atom stereocenters. The van der Waals surface area contributed by atoms with Gasteiger partial charge in [-0.05, 0) is 42.3 Å². The zero-order valence-electron chi connectivity index (χ0n) is 10.7. The zero-order valence-corrected chi connectivity index (χ0v) is 10.7. The minimum Gasteiger partial charge on any atom is -0.399 e. The van der Waals surface area contributed by atoms with E-state index in [0.717, 1.165) is 30.9 Å². The van der Waals surface area contributed by atoms with Crippen molar-refractivity contribution in [2.75, 3.05) is 23.7 Å². The molecule has 1 atom stereocenters. The molecular weight excluding hydrogens is 239 g/mol. The van der Waals surface area contributed by atoms with E-state index in [1.807, 2.05) is 18.2 Å². The zero-order chi connectivity index (χ0) is 13.2. The molecule has 3 heteroatoms. The van der Waals surface area contributed by atoms with Crippen LogP contribution in [0.5, 0.6) is 0 Å². The Bertz CT molecular complexity index is 565. The second-order valence-electron chi connectivity index (χ2n) is 5.08. The molecular formula is C16H17FN2. The summed E-state index contributed by atoms with van der Waals surface area (Å²) in [6.07, 6.45) is 1.10. The first-order chi connectivity index (χ1) is 9.22. The average Bonchev–Trinajstić information content (AvgIpc) is 2.89. The van der Waals surface area contributed by atoms with E-state index in [4.69, 9.17) is 5.73 Å². The molecule has 19 heavy (non-hydrogen) atoms. The normalized spacial score (nSPS) is 18.8. The Balaban J connectivity index is 1.75. The summed E-state index contributed by atoms with van der Waals surface area (Å²) in [5, 5.41) is 0. The van der Waals surface area contributed by atoms with Crippen LogP contribution in [0.3, 0.4) is 0 Å². The summed E-state index contributed by atoms with van der Waals surface area (Å²) in [6.45, 7) is 1.91. The molecule has 0 radical (unpaired) electrons. The van der Waals surface area contributed by atoms with Crippen molar-refractivity contribution in [2.24, 2.45) is 0 Å². The van der Waals surface area contributed by atoms with Crippen LogP contribution in [0.25, 0.3) is 0 Å². The standard InChI is InChI=1S/C16H17FN2/c17-14-2-1-3-16(10-14)19-9-8-13(11-19)12-4-6-15(18)7-5-12/h1-7,10,13H,8-9,11,18H2. The highest BCUT2D eigenvalue weighted by Gasteiger charge is 2.24. The Labute approximate surface area is 112 Å². The Morgan fingerprint density at radius 1 is 1.11 bits per heavy atom. The molecule has 0 amide bonds. The van der Waals surface area contributed by atoms with Crippen LogP contribution < -0.4 is 10.6 Å². The lowest BCUT2D eigenvalue weighted by atomic mass is 9.98. The van der Waals surface area contributed by atoms with Gasteiger partial charge in [0, 0.05) is 30.4 Å². The first-order valence-corrected chi connectivity index (χ1v) is 6.58. The smallest absolute Gasteiger partial charge is 0.125 e. The molecule has 2 aromatic carbocycles. The molecule has 3 rings (SSSR count). The molecule has 2 nitrogen and oxygen atoms in total. The van der Waals surface area contributed by atoms with E-state index in [1.54, 1.807) is 12.1 Å². The lowest BCUT2D eigenvalue weighted by Gasteiger charge is -2.19. The molecule has 1 saturated heterocycles. The summed E-state index contributed by atoms with van der Waals surface area (Å²) >= 11 is 0. The number of benzene rings is 2. The number of nitrogen functional groups attached to an aromatic ring is 1.